The van der Waals surface area contributed by atoms with Crippen LogP contribution in [0.15, 0.2) is 28.7 Å². The van der Waals surface area contributed by atoms with Crippen LogP contribution in [0.3, 0.4) is 0 Å². The maximum atomic E-state index is 14.6. The summed E-state index contributed by atoms with van der Waals surface area (Å²) < 4.78 is 29.8. The van der Waals surface area contributed by atoms with E-state index in [1.54, 1.807) is 11.0 Å². The lowest BCUT2D eigenvalue weighted by Gasteiger charge is -2.37. The number of nitrogens with zero attached hydrogens (tertiary/aromatic N) is 1. The Morgan fingerprint density at radius 2 is 2.00 bits per heavy atom. The van der Waals surface area contributed by atoms with Gasteiger partial charge in [-0.1, -0.05) is 40.9 Å². The highest BCUT2D eigenvalue weighted by Gasteiger charge is 2.41. The Balaban J connectivity index is 1.86. The van der Waals surface area contributed by atoms with Gasteiger partial charge in [0.25, 0.3) is 5.92 Å². The highest BCUT2D eigenvalue weighted by atomic mass is 79.9. The van der Waals surface area contributed by atoms with E-state index in [2.05, 4.69) is 15.9 Å². The maximum Gasteiger partial charge on any atom is 0.303 e. The summed E-state index contributed by atoms with van der Waals surface area (Å²) in [6.45, 7) is 0.550. The first kappa shape index (κ1) is 24.7. The van der Waals surface area contributed by atoms with Crippen LogP contribution < -0.4 is 0 Å². The zero-order valence-electron chi connectivity index (χ0n) is 17.0. The number of piperidine rings is 1. The van der Waals surface area contributed by atoms with Gasteiger partial charge in [-0.25, -0.2) is 0 Å². The van der Waals surface area contributed by atoms with Crippen molar-refractivity contribution in [2.24, 2.45) is 0 Å². The van der Waals surface area contributed by atoms with Gasteiger partial charge in [0.1, 0.15) is 6.10 Å². The fourth-order valence-electron chi connectivity index (χ4n) is 3.93. The predicted molar refractivity (Wildman–Crippen MR) is 113 cm³/mol. The molecule has 1 heterocycles. The van der Waals surface area contributed by atoms with Gasteiger partial charge in [-0.05, 0) is 50.7 Å². The summed E-state index contributed by atoms with van der Waals surface area (Å²) in [5.41, 5.74) is -0.234. The molecule has 5 nitrogen and oxygen atoms in total. The molecule has 0 aliphatic carbocycles. The van der Waals surface area contributed by atoms with Crippen LogP contribution in [0.5, 0.6) is 0 Å². The number of likely N-dealkylation sites (tertiary alicyclic amines) is 1. The van der Waals surface area contributed by atoms with Crippen molar-refractivity contribution in [3.05, 3.63) is 34.3 Å². The van der Waals surface area contributed by atoms with E-state index in [0.29, 0.717) is 30.3 Å². The fraction of sp³-hybridized carbons (Fsp3) is 0.636. The van der Waals surface area contributed by atoms with Crippen LogP contribution in [0.1, 0.15) is 69.8 Å². The molecule has 2 N–H and O–H groups in total. The van der Waals surface area contributed by atoms with Crippen LogP contribution >= 0.6 is 15.9 Å². The first-order chi connectivity index (χ1) is 14.2. The standard InChI is InChI=1S/C22H30BrF2NO4/c23-17-8-5-7-16(15-17)22(24,25)19(27)13-12-18-9-6-10-20(28)26(18)14-4-2-1-3-11-21(29)30/h5,7-8,15,18-19,27H,1-4,6,9-14H2,(H,29,30)/t18-,19-/m1/s1. The van der Waals surface area contributed by atoms with Gasteiger partial charge in [0.2, 0.25) is 5.91 Å². The number of carbonyl (C=O) groups is 2. The molecular weight excluding hydrogens is 460 g/mol. The molecule has 1 saturated heterocycles. The smallest absolute Gasteiger partial charge is 0.303 e. The Kier molecular flexibility index (Phi) is 9.68. The van der Waals surface area contributed by atoms with E-state index in [1.165, 1.54) is 18.2 Å². The molecule has 8 heteroatoms. The van der Waals surface area contributed by atoms with Crippen molar-refractivity contribution >= 4 is 27.8 Å². The van der Waals surface area contributed by atoms with E-state index in [-0.39, 0.29) is 30.4 Å². The zero-order chi connectivity index (χ0) is 22.1. The second-order valence-electron chi connectivity index (χ2n) is 7.92. The molecular formula is C22H30BrF2NO4. The Morgan fingerprint density at radius 1 is 1.27 bits per heavy atom. The number of carboxylic acid groups (broad SMARTS) is 1. The lowest BCUT2D eigenvalue weighted by Crippen LogP contribution is -2.45. The van der Waals surface area contributed by atoms with Gasteiger partial charge in [-0.2, -0.15) is 8.78 Å². The normalized spacial score (nSPS) is 18.5. The number of aliphatic carboxylic acids is 1. The van der Waals surface area contributed by atoms with Crippen molar-refractivity contribution in [3.63, 3.8) is 0 Å². The maximum absolute atomic E-state index is 14.6. The number of aliphatic hydroxyl groups is 1. The van der Waals surface area contributed by atoms with Gasteiger partial charge in [-0.3, -0.25) is 9.59 Å². The van der Waals surface area contributed by atoms with Gasteiger partial charge in [0.15, 0.2) is 0 Å². The molecule has 1 fully saturated rings. The monoisotopic (exact) mass is 489 g/mol. The van der Waals surface area contributed by atoms with Crippen molar-refractivity contribution in [3.8, 4) is 0 Å². The van der Waals surface area contributed by atoms with E-state index in [1.807, 2.05) is 0 Å². The topological polar surface area (TPSA) is 77.8 Å². The molecule has 0 aromatic heterocycles. The molecule has 1 aliphatic heterocycles. The minimum absolute atomic E-state index is 0.0324. The number of rotatable bonds is 12. The largest absolute Gasteiger partial charge is 0.481 e. The van der Waals surface area contributed by atoms with Crippen LogP contribution in [0.2, 0.25) is 0 Å². The van der Waals surface area contributed by atoms with Crippen molar-refractivity contribution in [2.45, 2.75) is 82.3 Å². The summed E-state index contributed by atoms with van der Waals surface area (Å²) in [4.78, 5) is 24.7. The number of carboxylic acids is 1. The van der Waals surface area contributed by atoms with Crippen molar-refractivity contribution in [2.75, 3.05) is 6.54 Å². The van der Waals surface area contributed by atoms with Gasteiger partial charge in [0, 0.05) is 35.5 Å². The van der Waals surface area contributed by atoms with Crippen molar-refractivity contribution < 1.29 is 28.6 Å². The van der Waals surface area contributed by atoms with Crippen LogP contribution in [-0.4, -0.2) is 45.7 Å². The Labute approximate surface area is 184 Å². The van der Waals surface area contributed by atoms with Crippen LogP contribution in [0.4, 0.5) is 8.78 Å². The van der Waals surface area contributed by atoms with E-state index in [9.17, 15) is 23.5 Å². The van der Waals surface area contributed by atoms with Gasteiger partial charge in [0.05, 0.1) is 0 Å². The minimum Gasteiger partial charge on any atom is -0.481 e. The van der Waals surface area contributed by atoms with Crippen LogP contribution in [0.25, 0.3) is 0 Å². The number of unbranched alkanes of at least 4 members (excludes halogenated alkanes) is 3. The van der Waals surface area contributed by atoms with Crippen molar-refractivity contribution in [1.29, 1.82) is 0 Å². The molecule has 0 saturated carbocycles. The summed E-state index contributed by atoms with van der Waals surface area (Å²) in [5, 5.41) is 18.9. The number of carbonyl (C=O) groups excluding carboxylic acids is 1. The number of alkyl halides is 2. The molecule has 0 bridgehead atoms. The molecule has 2 atom stereocenters. The molecule has 30 heavy (non-hydrogen) atoms. The Morgan fingerprint density at radius 3 is 2.70 bits per heavy atom. The summed E-state index contributed by atoms with van der Waals surface area (Å²) in [7, 11) is 0. The number of aliphatic hydroxyl groups excluding tert-OH is 1. The molecule has 1 aromatic rings. The fourth-order valence-corrected chi connectivity index (χ4v) is 4.33. The molecule has 0 radical (unpaired) electrons. The SMILES string of the molecule is O=C(O)CCCCCCN1C(=O)CCC[C@@H]1CC[C@@H](O)C(F)(F)c1cccc(Br)c1. The summed E-state index contributed by atoms with van der Waals surface area (Å²) in [6.07, 6.45) is 3.51. The molecule has 2 rings (SSSR count). The van der Waals surface area contributed by atoms with E-state index < -0.39 is 18.0 Å². The summed E-state index contributed by atoms with van der Waals surface area (Å²) in [6, 6.07) is 5.63. The van der Waals surface area contributed by atoms with Crippen LogP contribution in [0, 0.1) is 0 Å². The first-order valence-corrected chi connectivity index (χ1v) is 11.3. The summed E-state index contributed by atoms with van der Waals surface area (Å²) >= 11 is 3.18. The first-order valence-electron chi connectivity index (χ1n) is 10.5. The van der Waals surface area contributed by atoms with E-state index in [4.69, 9.17) is 5.11 Å². The molecule has 168 valence electrons. The highest BCUT2D eigenvalue weighted by Crippen LogP contribution is 2.36. The molecule has 1 aliphatic rings. The molecule has 0 unspecified atom stereocenters. The minimum atomic E-state index is -3.36. The molecule has 1 amide bonds. The number of amides is 1. The predicted octanol–water partition coefficient (Wildman–Crippen LogP) is 5.10. The highest BCUT2D eigenvalue weighted by molar-refractivity contribution is 9.10. The quantitative estimate of drug-likeness (QED) is 0.400. The zero-order valence-corrected chi connectivity index (χ0v) is 18.6. The van der Waals surface area contributed by atoms with E-state index >= 15 is 0 Å². The third kappa shape index (κ3) is 7.30. The number of halogens is 3. The van der Waals surface area contributed by atoms with Crippen LogP contribution in [-0.2, 0) is 15.5 Å². The van der Waals surface area contributed by atoms with Gasteiger partial charge >= 0.3 is 5.97 Å². The lowest BCUT2D eigenvalue weighted by atomic mass is 9.92. The second kappa shape index (κ2) is 11.7. The van der Waals surface area contributed by atoms with Gasteiger partial charge in [-0.15, -0.1) is 0 Å². The average Bonchev–Trinajstić information content (AvgIpc) is 2.69. The Hall–Kier alpha value is -1.54. The Bertz CT molecular complexity index is 716. The van der Waals surface area contributed by atoms with E-state index in [0.717, 1.165) is 32.1 Å². The molecule has 1 aromatic carbocycles. The lowest BCUT2D eigenvalue weighted by molar-refractivity contribution is -0.138. The number of benzene rings is 1. The average molecular weight is 490 g/mol. The third-order valence-electron chi connectivity index (χ3n) is 5.63. The number of hydrogen-bond acceptors (Lipinski definition) is 3. The summed E-state index contributed by atoms with van der Waals surface area (Å²) in [5.74, 6) is -4.14. The van der Waals surface area contributed by atoms with Gasteiger partial charge < -0.3 is 15.1 Å². The second-order valence-corrected chi connectivity index (χ2v) is 8.83. The molecule has 0 spiro atoms. The third-order valence-corrected chi connectivity index (χ3v) is 6.12. The number of hydrogen-bond donors (Lipinski definition) is 2. The van der Waals surface area contributed by atoms with Crippen molar-refractivity contribution in [1.82, 2.24) is 4.90 Å².